The van der Waals surface area contributed by atoms with Gasteiger partial charge >= 0.3 is 0 Å². The number of carbonyl (C=O) groups is 1. The summed E-state index contributed by atoms with van der Waals surface area (Å²) in [6.07, 6.45) is 0. The van der Waals surface area contributed by atoms with Crippen molar-refractivity contribution in [3.05, 3.63) is 89.0 Å². The van der Waals surface area contributed by atoms with E-state index in [1.165, 1.54) is 12.1 Å². The highest BCUT2D eigenvalue weighted by molar-refractivity contribution is 7.92. The van der Waals surface area contributed by atoms with Crippen molar-refractivity contribution in [2.75, 3.05) is 16.6 Å². The van der Waals surface area contributed by atoms with Crippen LogP contribution in [-0.4, -0.2) is 25.9 Å². The lowest BCUT2D eigenvalue weighted by molar-refractivity contribution is -0.384. The Morgan fingerprint density at radius 1 is 0.933 bits per heavy atom. The molecule has 2 N–H and O–H groups in total. The fourth-order valence-corrected chi connectivity index (χ4v) is 3.53. The molecule has 3 aromatic rings. The minimum atomic E-state index is -3.96. The van der Waals surface area contributed by atoms with E-state index in [2.05, 4.69) is 10.0 Å². The van der Waals surface area contributed by atoms with Crippen LogP contribution in [0.4, 0.5) is 17.1 Å². The molecule has 10 heteroatoms. The smallest absolute Gasteiger partial charge is 0.269 e. The maximum absolute atomic E-state index is 12.5. The second kappa shape index (κ2) is 9.05. The molecule has 0 fully saturated rings. The van der Waals surface area contributed by atoms with E-state index in [0.29, 0.717) is 11.4 Å². The fourth-order valence-electron chi connectivity index (χ4n) is 2.48. The number of hydrogen-bond acceptors (Lipinski definition) is 6. The van der Waals surface area contributed by atoms with E-state index in [4.69, 9.17) is 4.74 Å². The summed E-state index contributed by atoms with van der Waals surface area (Å²) in [5.74, 6) is 0.145. The van der Waals surface area contributed by atoms with E-state index in [9.17, 15) is 23.3 Å². The van der Waals surface area contributed by atoms with Gasteiger partial charge in [0.15, 0.2) is 6.61 Å². The van der Waals surface area contributed by atoms with Gasteiger partial charge in [-0.3, -0.25) is 19.6 Å². The van der Waals surface area contributed by atoms with Crippen molar-refractivity contribution < 1.29 is 22.9 Å². The van der Waals surface area contributed by atoms with Gasteiger partial charge in [0.25, 0.3) is 21.6 Å². The van der Waals surface area contributed by atoms with Crippen molar-refractivity contribution in [3.63, 3.8) is 0 Å². The van der Waals surface area contributed by atoms with Gasteiger partial charge in [0.2, 0.25) is 0 Å². The lowest BCUT2D eigenvalue weighted by atomic mass is 10.3. The van der Waals surface area contributed by atoms with Crippen molar-refractivity contribution in [1.82, 2.24) is 0 Å². The third kappa shape index (κ3) is 5.55. The lowest BCUT2D eigenvalue weighted by Gasteiger charge is -2.11. The van der Waals surface area contributed by atoms with Gasteiger partial charge in [-0.05, 0) is 42.5 Å². The lowest BCUT2D eigenvalue weighted by Crippen LogP contribution is -2.20. The Bertz CT molecular complexity index is 1150. The minimum absolute atomic E-state index is 0.126. The number of sulfonamides is 1. The van der Waals surface area contributed by atoms with Crippen LogP contribution in [0.15, 0.2) is 83.8 Å². The number of amides is 1. The van der Waals surface area contributed by atoms with Crippen LogP contribution in [0, 0.1) is 10.1 Å². The first-order chi connectivity index (χ1) is 14.3. The summed E-state index contributed by atoms with van der Waals surface area (Å²) < 4.78 is 32.7. The average Bonchev–Trinajstić information content (AvgIpc) is 2.73. The number of nitrogens with zero attached hydrogens (tertiary/aromatic N) is 1. The van der Waals surface area contributed by atoms with Crippen LogP contribution in [0.1, 0.15) is 0 Å². The van der Waals surface area contributed by atoms with Gasteiger partial charge in [0.1, 0.15) is 5.75 Å². The first kappa shape index (κ1) is 20.8. The van der Waals surface area contributed by atoms with E-state index >= 15 is 0 Å². The fraction of sp³-hybridized carbons (Fsp3) is 0.0500. The van der Waals surface area contributed by atoms with Gasteiger partial charge in [0, 0.05) is 17.8 Å². The highest BCUT2D eigenvalue weighted by Gasteiger charge is 2.16. The molecule has 0 spiro atoms. The molecule has 0 aromatic heterocycles. The molecule has 3 rings (SSSR count). The molecule has 30 heavy (non-hydrogen) atoms. The number of carbonyl (C=O) groups excluding carboxylic acids is 1. The number of para-hydroxylation sites is 1. The van der Waals surface area contributed by atoms with Crippen LogP contribution in [0.3, 0.4) is 0 Å². The second-order valence-corrected chi connectivity index (χ2v) is 7.77. The molecule has 0 saturated heterocycles. The number of nitro benzene ring substituents is 1. The number of nitro groups is 1. The Hall–Kier alpha value is -3.92. The topological polar surface area (TPSA) is 128 Å². The number of rotatable bonds is 8. The van der Waals surface area contributed by atoms with Crippen LogP contribution >= 0.6 is 0 Å². The first-order valence-corrected chi connectivity index (χ1v) is 10.2. The zero-order valence-electron chi connectivity index (χ0n) is 15.5. The van der Waals surface area contributed by atoms with Crippen molar-refractivity contribution in [3.8, 4) is 5.75 Å². The zero-order valence-corrected chi connectivity index (χ0v) is 16.3. The SMILES string of the molecule is O=C(COc1ccccc1)Nc1cccc(NS(=O)(=O)c2ccc([N+](=O)[O-])cc2)c1. The van der Waals surface area contributed by atoms with E-state index in [0.717, 1.165) is 24.3 Å². The Kier molecular flexibility index (Phi) is 6.28. The van der Waals surface area contributed by atoms with Crippen LogP contribution < -0.4 is 14.8 Å². The highest BCUT2D eigenvalue weighted by Crippen LogP contribution is 2.21. The van der Waals surface area contributed by atoms with Gasteiger partial charge in [-0.2, -0.15) is 0 Å². The molecule has 154 valence electrons. The quantitative estimate of drug-likeness (QED) is 0.419. The number of nitrogens with one attached hydrogen (secondary N) is 2. The third-order valence-corrected chi connectivity index (χ3v) is 5.27. The number of benzene rings is 3. The molecule has 0 atom stereocenters. The molecular weight excluding hydrogens is 410 g/mol. The van der Waals surface area contributed by atoms with E-state index in [-0.39, 0.29) is 22.9 Å². The van der Waals surface area contributed by atoms with Crippen molar-refractivity contribution in [2.45, 2.75) is 4.90 Å². The number of ether oxygens (including phenoxy) is 1. The molecule has 0 bridgehead atoms. The summed E-state index contributed by atoms with van der Waals surface area (Å²) in [4.78, 5) is 22.0. The van der Waals surface area contributed by atoms with Gasteiger partial charge in [-0.1, -0.05) is 24.3 Å². The van der Waals surface area contributed by atoms with Gasteiger partial charge in [0.05, 0.1) is 15.5 Å². The van der Waals surface area contributed by atoms with E-state index < -0.39 is 20.9 Å². The van der Waals surface area contributed by atoms with Crippen LogP contribution in [-0.2, 0) is 14.8 Å². The number of hydrogen-bond donors (Lipinski definition) is 2. The summed E-state index contributed by atoms with van der Waals surface area (Å²) >= 11 is 0. The molecule has 3 aromatic carbocycles. The Morgan fingerprint density at radius 2 is 1.60 bits per heavy atom. The number of non-ortho nitro benzene ring substituents is 1. The summed E-state index contributed by atoms with van der Waals surface area (Å²) in [6.45, 7) is -0.206. The number of anilines is 2. The van der Waals surface area contributed by atoms with Crippen LogP contribution in [0.25, 0.3) is 0 Å². The molecule has 0 unspecified atom stereocenters. The molecule has 0 aliphatic heterocycles. The van der Waals surface area contributed by atoms with Gasteiger partial charge < -0.3 is 10.1 Å². The Balaban J connectivity index is 1.64. The molecule has 0 saturated carbocycles. The molecule has 0 heterocycles. The molecule has 0 radical (unpaired) electrons. The Morgan fingerprint density at radius 3 is 2.27 bits per heavy atom. The minimum Gasteiger partial charge on any atom is -0.484 e. The average molecular weight is 427 g/mol. The summed E-state index contributed by atoms with van der Waals surface area (Å²) in [5.41, 5.74) is 0.382. The summed E-state index contributed by atoms with van der Waals surface area (Å²) in [6, 6.07) is 19.5. The van der Waals surface area contributed by atoms with Crippen molar-refractivity contribution in [1.29, 1.82) is 0 Å². The summed E-state index contributed by atoms with van der Waals surface area (Å²) in [5, 5.41) is 13.3. The van der Waals surface area contributed by atoms with Crippen LogP contribution in [0.5, 0.6) is 5.75 Å². The normalized spacial score (nSPS) is 10.8. The van der Waals surface area contributed by atoms with Crippen molar-refractivity contribution in [2.24, 2.45) is 0 Å². The molecule has 0 aliphatic carbocycles. The zero-order chi connectivity index (χ0) is 21.6. The third-order valence-electron chi connectivity index (χ3n) is 3.87. The van der Waals surface area contributed by atoms with E-state index in [1.54, 1.807) is 36.4 Å². The maximum Gasteiger partial charge on any atom is 0.269 e. The molecule has 9 nitrogen and oxygen atoms in total. The standard InChI is InChI=1S/C20H17N3O6S/c24-20(14-29-18-7-2-1-3-8-18)21-15-5-4-6-16(13-15)22-30(27,28)19-11-9-17(10-12-19)23(25)26/h1-13,22H,14H2,(H,21,24). The highest BCUT2D eigenvalue weighted by atomic mass is 32.2. The predicted molar refractivity (Wildman–Crippen MR) is 111 cm³/mol. The maximum atomic E-state index is 12.5. The summed E-state index contributed by atoms with van der Waals surface area (Å²) in [7, 11) is -3.96. The van der Waals surface area contributed by atoms with E-state index in [1.807, 2.05) is 6.07 Å². The first-order valence-electron chi connectivity index (χ1n) is 8.68. The predicted octanol–water partition coefficient (Wildman–Crippen LogP) is 3.41. The molecule has 1 amide bonds. The Labute approximate surface area is 172 Å². The molecule has 0 aliphatic rings. The van der Waals surface area contributed by atoms with Crippen LogP contribution in [0.2, 0.25) is 0 Å². The van der Waals surface area contributed by atoms with Gasteiger partial charge in [-0.15, -0.1) is 0 Å². The second-order valence-electron chi connectivity index (χ2n) is 6.09. The monoisotopic (exact) mass is 427 g/mol. The largest absolute Gasteiger partial charge is 0.484 e. The van der Waals surface area contributed by atoms with Gasteiger partial charge in [-0.25, -0.2) is 8.42 Å². The molecular formula is C20H17N3O6S. The van der Waals surface area contributed by atoms with Crippen molar-refractivity contribution >= 4 is 33.0 Å².